The van der Waals surface area contributed by atoms with Gasteiger partial charge in [-0.05, 0) is 48.7 Å². The largest absolute Gasteiger partial charge is 0.398 e. The predicted molar refractivity (Wildman–Crippen MR) is 99.1 cm³/mol. The normalized spacial score (nSPS) is 11.0. The monoisotopic (exact) mass is 334 g/mol. The first kappa shape index (κ1) is 16.7. The minimum Gasteiger partial charge on any atom is -0.398 e. The SMILES string of the molecule is Cc1cc(-n2c(C(C)C)c(C#N)c3cc(N)c(C=N)cc32)ccc1F. The van der Waals surface area contributed by atoms with Gasteiger partial charge in [0.2, 0.25) is 0 Å². The molecular weight excluding hydrogens is 315 g/mol. The van der Waals surface area contributed by atoms with Crippen LogP contribution in [0.5, 0.6) is 0 Å². The van der Waals surface area contributed by atoms with Crippen molar-refractivity contribution in [2.75, 3.05) is 5.73 Å². The van der Waals surface area contributed by atoms with Gasteiger partial charge in [0.15, 0.2) is 0 Å². The van der Waals surface area contributed by atoms with Crippen molar-refractivity contribution in [1.82, 2.24) is 4.57 Å². The maximum atomic E-state index is 13.7. The summed E-state index contributed by atoms with van der Waals surface area (Å²) in [7, 11) is 0. The number of fused-ring (bicyclic) bond motifs is 1. The van der Waals surface area contributed by atoms with Gasteiger partial charge >= 0.3 is 0 Å². The fourth-order valence-electron chi connectivity index (χ4n) is 3.22. The van der Waals surface area contributed by atoms with Gasteiger partial charge in [0.05, 0.1) is 11.1 Å². The molecule has 3 rings (SSSR count). The zero-order valence-electron chi connectivity index (χ0n) is 14.4. The Morgan fingerprint density at radius 3 is 2.56 bits per heavy atom. The quantitative estimate of drug-likeness (QED) is 0.540. The van der Waals surface area contributed by atoms with E-state index in [0.29, 0.717) is 22.4 Å². The smallest absolute Gasteiger partial charge is 0.126 e. The molecule has 0 aliphatic rings. The van der Waals surface area contributed by atoms with E-state index in [-0.39, 0.29) is 11.7 Å². The number of nitrogens with one attached hydrogen (secondary N) is 1. The summed E-state index contributed by atoms with van der Waals surface area (Å²) in [5.74, 6) is -0.187. The van der Waals surface area contributed by atoms with E-state index in [1.54, 1.807) is 25.1 Å². The molecule has 2 aromatic carbocycles. The zero-order valence-corrected chi connectivity index (χ0v) is 14.4. The Kier molecular flexibility index (Phi) is 4.05. The molecule has 0 fully saturated rings. The van der Waals surface area contributed by atoms with Gasteiger partial charge in [0.25, 0.3) is 0 Å². The highest BCUT2D eigenvalue weighted by Crippen LogP contribution is 2.36. The van der Waals surface area contributed by atoms with Crippen molar-refractivity contribution in [3.8, 4) is 11.8 Å². The van der Waals surface area contributed by atoms with Crippen molar-refractivity contribution < 1.29 is 4.39 Å². The number of nitrogens with zero attached hydrogens (tertiary/aromatic N) is 2. The molecule has 3 aromatic rings. The van der Waals surface area contributed by atoms with Crippen LogP contribution in [0, 0.1) is 29.5 Å². The molecule has 1 aromatic heterocycles. The molecule has 1 heterocycles. The third-order valence-corrected chi connectivity index (χ3v) is 4.42. The third kappa shape index (κ3) is 2.56. The number of nitrogens with two attached hydrogens (primary N) is 1. The summed E-state index contributed by atoms with van der Waals surface area (Å²) < 4.78 is 15.7. The Bertz CT molecular complexity index is 1040. The minimum absolute atomic E-state index is 0.0806. The Morgan fingerprint density at radius 2 is 2.00 bits per heavy atom. The molecule has 4 nitrogen and oxygen atoms in total. The van der Waals surface area contributed by atoms with Gasteiger partial charge in [-0.2, -0.15) is 5.26 Å². The highest BCUT2D eigenvalue weighted by atomic mass is 19.1. The Morgan fingerprint density at radius 1 is 1.28 bits per heavy atom. The molecule has 0 aliphatic carbocycles. The Balaban J connectivity index is 2.50. The lowest BCUT2D eigenvalue weighted by molar-refractivity contribution is 0.618. The summed E-state index contributed by atoms with van der Waals surface area (Å²) in [6, 6.07) is 10.7. The number of anilines is 1. The van der Waals surface area contributed by atoms with Crippen LogP contribution < -0.4 is 5.73 Å². The van der Waals surface area contributed by atoms with Crippen molar-refractivity contribution in [1.29, 1.82) is 10.7 Å². The zero-order chi connectivity index (χ0) is 18.3. The van der Waals surface area contributed by atoms with Gasteiger partial charge < -0.3 is 15.7 Å². The lowest BCUT2D eigenvalue weighted by Gasteiger charge is -2.15. The van der Waals surface area contributed by atoms with Gasteiger partial charge in [-0.25, -0.2) is 4.39 Å². The number of nitriles is 1. The van der Waals surface area contributed by atoms with Crippen molar-refractivity contribution in [2.24, 2.45) is 0 Å². The van der Waals surface area contributed by atoms with Gasteiger partial charge in [-0.1, -0.05) is 13.8 Å². The second-order valence-electron chi connectivity index (χ2n) is 6.44. The summed E-state index contributed by atoms with van der Waals surface area (Å²) in [6.45, 7) is 5.75. The van der Waals surface area contributed by atoms with Crippen LogP contribution in [0.4, 0.5) is 10.1 Å². The fraction of sp³-hybridized carbons (Fsp3) is 0.200. The molecule has 0 aliphatic heterocycles. The molecule has 25 heavy (non-hydrogen) atoms. The lowest BCUT2D eigenvalue weighted by atomic mass is 10.0. The second kappa shape index (κ2) is 6.06. The molecule has 0 saturated carbocycles. The summed E-state index contributed by atoms with van der Waals surface area (Å²) in [4.78, 5) is 0. The third-order valence-electron chi connectivity index (χ3n) is 4.42. The van der Waals surface area contributed by atoms with Crippen LogP contribution in [-0.4, -0.2) is 10.8 Å². The predicted octanol–water partition coefficient (Wildman–Crippen LogP) is 4.65. The standard InChI is InChI=1S/C20H19FN4/c1-11(2)20-16(10-23)15-8-18(24)13(9-22)7-19(15)25(20)14-4-5-17(21)12(3)6-14/h4-9,11,22H,24H2,1-3H3. The van der Waals surface area contributed by atoms with E-state index >= 15 is 0 Å². The van der Waals surface area contributed by atoms with Crippen LogP contribution in [0.25, 0.3) is 16.6 Å². The topological polar surface area (TPSA) is 78.6 Å². The van der Waals surface area contributed by atoms with E-state index in [9.17, 15) is 9.65 Å². The number of halogens is 1. The van der Waals surface area contributed by atoms with Crippen molar-refractivity contribution in [3.63, 3.8) is 0 Å². The molecule has 126 valence electrons. The molecule has 3 N–H and O–H groups in total. The number of benzene rings is 2. The fourth-order valence-corrected chi connectivity index (χ4v) is 3.22. The van der Waals surface area contributed by atoms with Gasteiger partial charge in [-0.15, -0.1) is 0 Å². The van der Waals surface area contributed by atoms with Crippen LogP contribution in [0.3, 0.4) is 0 Å². The number of nitrogen functional groups attached to an aromatic ring is 1. The van der Waals surface area contributed by atoms with Crippen LogP contribution in [0.2, 0.25) is 0 Å². The number of hydrogen-bond donors (Lipinski definition) is 2. The summed E-state index contributed by atoms with van der Waals surface area (Å²) in [6.07, 6.45) is 1.20. The van der Waals surface area contributed by atoms with E-state index < -0.39 is 0 Å². The maximum absolute atomic E-state index is 13.7. The van der Waals surface area contributed by atoms with Crippen molar-refractivity contribution in [2.45, 2.75) is 26.7 Å². The lowest BCUT2D eigenvalue weighted by Crippen LogP contribution is -2.04. The molecule has 5 heteroatoms. The molecule has 0 unspecified atom stereocenters. The molecule has 0 amide bonds. The highest BCUT2D eigenvalue weighted by molar-refractivity contribution is 5.98. The molecule has 0 atom stereocenters. The van der Waals surface area contributed by atoms with E-state index in [0.717, 1.165) is 22.3 Å². The molecule has 0 radical (unpaired) electrons. The first-order chi connectivity index (χ1) is 11.9. The summed E-state index contributed by atoms with van der Waals surface area (Å²) in [5.41, 5.74) is 10.6. The Labute approximate surface area is 145 Å². The first-order valence-corrected chi connectivity index (χ1v) is 8.04. The average Bonchev–Trinajstić information content (AvgIpc) is 2.89. The number of aromatic nitrogens is 1. The van der Waals surface area contributed by atoms with Gasteiger partial charge in [-0.3, -0.25) is 0 Å². The van der Waals surface area contributed by atoms with E-state index in [1.807, 2.05) is 24.5 Å². The minimum atomic E-state index is -0.267. The maximum Gasteiger partial charge on any atom is 0.126 e. The van der Waals surface area contributed by atoms with Crippen LogP contribution in [0.1, 0.15) is 42.1 Å². The van der Waals surface area contributed by atoms with Gasteiger partial charge in [0, 0.05) is 34.2 Å². The van der Waals surface area contributed by atoms with Crippen LogP contribution in [0.15, 0.2) is 30.3 Å². The first-order valence-electron chi connectivity index (χ1n) is 8.04. The van der Waals surface area contributed by atoms with Crippen molar-refractivity contribution >= 4 is 22.8 Å². The number of rotatable bonds is 3. The highest BCUT2D eigenvalue weighted by Gasteiger charge is 2.22. The van der Waals surface area contributed by atoms with Crippen LogP contribution >= 0.6 is 0 Å². The number of hydrogen-bond acceptors (Lipinski definition) is 3. The van der Waals surface area contributed by atoms with Crippen LogP contribution in [-0.2, 0) is 0 Å². The Hall–Kier alpha value is -3.13. The average molecular weight is 334 g/mol. The molecule has 0 bridgehead atoms. The van der Waals surface area contributed by atoms with E-state index in [1.165, 1.54) is 12.3 Å². The summed E-state index contributed by atoms with van der Waals surface area (Å²) >= 11 is 0. The molecular formula is C20H19FN4. The molecule has 0 saturated heterocycles. The van der Waals surface area contributed by atoms with Gasteiger partial charge in [0.1, 0.15) is 11.9 Å². The molecule has 0 spiro atoms. The van der Waals surface area contributed by atoms with E-state index in [4.69, 9.17) is 11.1 Å². The second-order valence-corrected chi connectivity index (χ2v) is 6.44. The summed E-state index contributed by atoms with van der Waals surface area (Å²) in [5, 5.41) is 18.0. The van der Waals surface area contributed by atoms with Crippen molar-refractivity contribution in [3.05, 3.63) is 58.5 Å². The number of aryl methyl sites for hydroxylation is 1. The van der Waals surface area contributed by atoms with E-state index in [2.05, 4.69) is 6.07 Å².